The highest BCUT2D eigenvalue weighted by Crippen LogP contribution is 2.29. The summed E-state index contributed by atoms with van der Waals surface area (Å²) in [5.41, 5.74) is 5.63. The van der Waals surface area contributed by atoms with E-state index in [-0.39, 0.29) is 0 Å². The highest BCUT2D eigenvalue weighted by Gasteiger charge is 2.19. The van der Waals surface area contributed by atoms with Crippen LogP contribution < -0.4 is 11.1 Å². The molecule has 0 aromatic carbocycles. The predicted molar refractivity (Wildman–Crippen MR) is 72.1 cm³/mol. The maximum atomic E-state index is 5.63. The van der Waals surface area contributed by atoms with Crippen molar-refractivity contribution in [3.8, 4) is 0 Å². The van der Waals surface area contributed by atoms with Gasteiger partial charge in [0.15, 0.2) is 0 Å². The normalized spacial score (nSPS) is 16.2. The van der Waals surface area contributed by atoms with Crippen LogP contribution in [0.2, 0.25) is 0 Å². The molecule has 5 nitrogen and oxygen atoms in total. The fourth-order valence-corrected chi connectivity index (χ4v) is 2.20. The number of hydrogen-bond acceptors (Lipinski definition) is 4. The van der Waals surface area contributed by atoms with E-state index in [0.717, 1.165) is 12.5 Å². The predicted octanol–water partition coefficient (Wildman–Crippen LogP) is 2.82. The van der Waals surface area contributed by atoms with Crippen molar-refractivity contribution in [3.05, 3.63) is 0 Å². The number of nitrogens with zero attached hydrogens (tertiary/aromatic N) is 3. The Kier molecular flexibility index (Phi) is 5.80. The Labute approximate surface area is 104 Å². The molecule has 1 heterocycles. The lowest BCUT2D eigenvalue weighted by Gasteiger charge is -2.22. The van der Waals surface area contributed by atoms with E-state index in [2.05, 4.69) is 22.3 Å². The molecule has 0 atom stereocenters. The van der Waals surface area contributed by atoms with Gasteiger partial charge in [-0.25, -0.2) is 4.68 Å². The zero-order valence-electron chi connectivity index (χ0n) is 11.2. The summed E-state index contributed by atoms with van der Waals surface area (Å²) in [5, 5.41) is 7.48. The molecule has 0 unspecified atom stereocenters. The Balaban J connectivity index is 0.000000686. The Hall–Kier alpha value is -1.26. The third-order valence-corrected chi connectivity index (χ3v) is 2.90. The molecule has 0 radical (unpaired) electrons. The molecule has 3 N–H and O–H groups in total. The van der Waals surface area contributed by atoms with Crippen LogP contribution in [-0.4, -0.2) is 21.3 Å². The van der Waals surface area contributed by atoms with Crippen molar-refractivity contribution in [2.45, 2.75) is 58.9 Å². The van der Waals surface area contributed by atoms with Crippen molar-refractivity contribution < 1.29 is 0 Å². The fraction of sp³-hybridized carbons (Fsp3) is 0.833. The molecular weight excluding hydrogens is 214 g/mol. The van der Waals surface area contributed by atoms with Crippen LogP contribution in [-0.2, 0) is 0 Å². The van der Waals surface area contributed by atoms with Crippen molar-refractivity contribution >= 4 is 11.9 Å². The van der Waals surface area contributed by atoms with E-state index in [4.69, 9.17) is 5.73 Å². The van der Waals surface area contributed by atoms with Gasteiger partial charge in [0.05, 0.1) is 6.04 Å². The first-order chi connectivity index (χ1) is 8.31. The average molecular weight is 239 g/mol. The van der Waals surface area contributed by atoms with Gasteiger partial charge in [0.2, 0.25) is 11.9 Å². The molecule has 0 bridgehead atoms. The third kappa shape index (κ3) is 3.61. The van der Waals surface area contributed by atoms with Crippen molar-refractivity contribution in [1.29, 1.82) is 0 Å². The van der Waals surface area contributed by atoms with Crippen LogP contribution in [0.3, 0.4) is 0 Å². The Morgan fingerprint density at radius 2 is 1.94 bits per heavy atom. The van der Waals surface area contributed by atoms with Gasteiger partial charge in [0, 0.05) is 6.54 Å². The van der Waals surface area contributed by atoms with Crippen LogP contribution in [0.4, 0.5) is 11.9 Å². The van der Waals surface area contributed by atoms with Gasteiger partial charge >= 0.3 is 0 Å². The van der Waals surface area contributed by atoms with Gasteiger partial charge in [-0.1, -0.05) is 33.1 Å². The van der Waals surface area contributed by atoms with Crippen LogP contribution in [0.1, 0.15) is 58.9 Å². The van der Waals surface area contributed by atoms with E-state index < -0.39 is 0 Å². The van der Waals surface area contributed by atoms with Gasteiger partial charge in [-0.15, -0.1) is 5.10 Å². The van der Waals surface area contributed by atoms with Crippen LogP contribution in [0.25, 0.3) is 0 Å². The molecule has 17 heavy (non-hydrogen) atoms. The summed E-state index contributed by atoms with van der Waals surface area (Å²) in [7, 11) is 0. The summed E-state index contributed by atoms with van der Waals surface area (Å²) in [4.78, 5) is 4.19. The highest BCUT2D eigenvalue weighted by atomic mass is 15.4. The molecule has 1 aliphatic rings. The molecule has 1 fully saturated rings. The number of anilines is 2. The summed E-state index contributed by atoms with van der Waals surface area (Å²) < 4.78 is 1.97. The molecule has 2 rings (SSSR count). The molecular formula is C12H25N5. The van der Waals surface area contributed by atoms with Crippen molar-refractivity contribution in [3.63, 3.8) is 0 Å². The second kappa shape index (κ2) is 7.14. The van der Waals surface area contributed by atoms with Gasteiger partial charge in [-0.2, -0.15) is 4.98 Å². The Morgan fingerprint density at radius 3 is 2.53 bits per heavy atom. The summed E-state index contributed by atoms with van der Waals surface area (Å²) in [5.74, 6) is 1.19. The van der Waals surface area contributed by atoms with E-state index >= 15 is 0 Å². The molecule has 1 saturated carbocycles. The lowest BCUT2D eigenvalue weighted by Crippen LogP contribution is -2.17. The first kappa shape index (κ1) is 13.8. The number of nitrogens with two attached hydrogens (primary N) is 1. The number of hydrogen-bond donors (Lipinski definition) is 2. The van der Waals surface area contributed by atoms with Crippen molar-refractivity contribution in [2.75, 3.05) is 17.6 Å². The molecule has 0 aliphatic heterocycles. The van der Waals surface area contributed by atoms with Crippen LogP contribution in [0, 0.1) is 0 Å². The van der Waals surface area contributed by atoms with Gasteiger partial charge in [-0.05, 0) is 19.8 Å². The maximum Gasteiger partial charge on any atom is 0.241 e. The fourth-order valence-electron chi connectivity index (χ4n) is 2.20. The second-order valence-corrected chi connectivity index (χ2v) is 4.06. The highest BCUT2D eigenvalue weighted by molar-refractivity contribution is 5.32. The largest absolute Gasteiger partial charge is 0.366 e. The smallest absolute Gasteiger partial charge is 0.241 e. The quantitative estimate of drug-likeness (QED) is 0.851. The lowest BCUT2D eigenvalue weighted by molar-refractivity contribution is 0.332. The molecule has 98 valence electrons. The molecule has 5 heteroatoms. The summed E-state index contributed by atoms with van der Waals surface area (Å²) in [6.45, 7) is 6.90. The monoisotopic (exact) mass is 239 g/mol. The van der Waals surface area contributed by atoms with Crippen LogP contribution in [0.5, 0.6) is 0 Å². The Morgan fingerprint density at radius 1 is 1.29 bits per heavy atom. The minimum atomic E-state index is 0.372. The van der Waals surface area contributed by atoms with Crippen LogP contribution >= 0.6 is 0 Å². The van der Waals surface area contributed by atoms with Gasteiger partial charge in [-0.3, -0.25) is 0 Å². The van der Waals surface area contributed by atoms with E-state index in [1.54, 1.807) is 0 Å². The molecule has 1 aromatic rings. The first-order valence-electron chi connectivity index (χ1n) is 6.77. The van der Waals surface area contributed by atoms with E-state index in [1.165, 1.54) is 32.1 Å². The number of nitrogens with one attached hydrogen (secondary N) is 1. The number of nitrogen functional groups attached to an aromatic ring is 1. The average Bonchev–Trinajstić information content (AvgIpc) is 2.75. The Bertz CT molecular complexity index is 315. The topological polar surface area (TPSA) is 68.8 Å². The minimum Gasteiger partial charge on any atom is -0.366 e. The SMILES string of the molecule is CC.CCNc1nc(N)nn1C1CCCCC1. The summed E-state index contributed by atoms with van der Waals surface area (Å²) in [6.07, 6.45) is 6.31. The van der Waals surface area contributed by atoms with Crippen molar-refractivity contribution in [2.24, 2.45) is 0 Å². The van der Waals surface area contributed by atoms with E-state index in [9.17, 15) is 0 Å². The third-order valence-electron chi connectivity index (χ3n) is 2.90. The van der Waals surface area contributed by atoms with E-state index in [0.29, 0.717) is 12.0 Å². The lowest BCUT2D eigenvalue weighted by atomic mass is 9.96. The molecule has 0 saturated heterocycles. The zero-order chi connectivity index (χ0) is 12.7. The number of aromatic nitrogens is 3. The van der Waals surface area contributed by atoms with E-state index in [1.807, 2.05) is 18.5 Å². The molecule has 0 spiro atoms. The standard InChI is InChI=1S/C10H19N5.C2H6/c1-2-12-10-13-9(11)14-15(10)8-6-4-3-5-7-8;1-2/h8H,2-7H2,1H3,(H3,11,12,13,14);1-2H3. The molecule has 1 aromatic heterocycles. The molecule has 1 aliphatic carbocycles. The maximum absolute atomic E-state index is 5.63. The zero-order valence-corrected chi connectivity index (χ0v) is 11.2. The number of rotatable bonds is 3. The second-order valence-electron chi connectivity index (χ2n) is 4.06. The molecule has 0 amide bonds. The minimum absolute atomic E-state index is 0.372. The van der Waals surface area contributed by atoms with Gasteiger partial charge < -0.3 is 11.1 Å². The first-order valence-corrected chi connectivity index (χ1v) is 6.77. The summed E-state index contributed by atoms with van der Waals surface area (Å²) in [6, 6.07) is 0.484. The van der Waals surface area contributed by atoms with Gasteiger partial charge in [0.25, 0.3) is 0 Å². The van der Waals surface area contributed by atoms with Crippen molar-refractivity contribution in [1.82, 2.24) is 14.8 Å². The summed E-state index contributed by atoms with van der Waals surface area (Å²) >= 11 is 0. The van der Waals surface area contributed by atoms with Gasteiger partial charge in [0.1, 0.15) is 0 Å². The van der Waals surface area contributed by atoms with Crippen LogP contribution in [0.15, 0.2) is 0 Å².